The molecule has 0 spiro atoms. The third kappa shape index (κ3) is 7.12. The highest BCUT2D eigenvalue weighted by atomic mass is 19.4. The van der Waals surface area contributed by atoms with Crippen LogP contribution in [0.25, 0.3) is 5.69 Å². The van der Waals surface area contributed by atoms with Crippen LogP contribution in [-0.4, -0.2) is 66.1 Å². The standard InChI is InChI=1S/C19H21N7O2.C2HF3O2/c1-13-21-12-26(24-13)16-4-2-15(3-5-16)22-19-20-9-6-17(23-19)25-10-7-14(8-11-25)18(27)28;3-2(4,5)1(6)7/h2-6,9,12,14H,7-8,10-11H2,1H3,(H,27,28)(H,20,22,23);(H,6,7). The molecule has 1 fully saturated rings. The molecule has 4 rings (SSSR count). The first-order valence-electron chi connectivity index (χ1n) is 10.4. The second-order valence-corrected chi connectivity index (χ2v) is 7.55. The molecule has 35 heavy (non-hydrogen) atoms. The number of carbonyl (C=O) groups is 2. The summed E-state index contributed by atoms with van der Waals surface area (Å²) in [5.74, 6) is -1.71. The summed E-state index contributed by atoms with van der Waals surface area (Å²) in [4.78, 5) is 35.1. The van der Waals surface area contributed by atoms with Gasteiger partial charge in [0.1, 0.15) is 18.0 Å². The smallest absolute Gasteiger partial charge is 0.481 e. The van der Waals surface area contributed by atoms with Crippen molar-refractivity contribution in [1.82, 2.24) is 24.7 Å². The Balaban J connectivity index is 0.000000429. The molecule has 3 heterocycles. The highest BCUT2D eigenvalue weighted by Gasteiger charge is 2.38. The molecule has 0 saturated carbocycles. The number of nitrogens with one attached hydrogen (secondary N) is 1. The zero-order chi connectivity index (χ0) is 25.6. The molecule has 3 N–H and O–H groups in total. The first kappa shape index (κ1) is 25.4. The summed E-state index contributed by atoms with van der Waals surface area (Å²) in [6.07, 6.45) is -0.435. The molecule has 1 saturated heterocycles. The third-order valence-electron chi connectivity index (χ3n) is 5.05. The SMILES string of the molecule is Cc1ncn(-c2ccc(Nc3nccc(N4CCC(C(=O)O)CC4)n3)cc2)n1.O=C(O)C(F)(F)F. The largest absolute Gasteiger partial charge is 0.490 e. The van der Waals surface area contributed by atoms with E-state index in [9.17, 15) is 18.0 Å². The van der Waals surface area contributed by atoms with E-state index in [0.29, 0.717) is 31.9 Å². The van der Waals surface area contributed by atoms with Gasteiger partial charge in [-0.1, -0.05) is 0 Å². The number of aliphatic carboxylic acids is 2. The van der Waals surface area contributed by atoms with Crippen LogP contribution in [0, 0.1) is 12.8 Å². The third-order valence-corrected chi connectivity index (χ3v) is 5.05. The number of halogens is 3. The van der Waals surface area contributed by atoms with E-state index >= 15 is 0 Å². The summed E-state index contributed by atoms with van der Waals surface area (Å²) < 4.78 is 33.5. The second kappa shape index (κ2) is 10.8. The molecule has 186 valence electrons. The van der Waals surface area contributed by atoms with E-state index < -0.39 is 18.1 Å². The number of aromatic nitrogens is 5. The van der Waals surface area contributed by atoms with Crippen LogP contribution in [0.15, 0.2) is 42.9 Å². The Kier molecular flexibility index (Phi) is 7.83. The van der Waals surface area contributed by atoms with Crippen LogP contribution in [0.5, 0.6) is 0 Å². The minimum absolute atomic E-state index is 0.261. The van der Waals surface area contributed by atoms with Crippen LogP contribution in [0.1, 0.15) is 18.7 Å². The van der Waals surface area contributed by atoms with E-state index in [4.69, 9.17) is 15.0 Å². The summed E-state index contributed by atoms with van der Waals surface area (Å²) >= 11 is 0. The molecular formula is C21H22F3N7O4. The molecule has 1 aliphatic rings. The van der Waals surface area contributed by atoms with Gasteiger partial charge in [-0.25, -0.2) is 19.4 Å². The molecule has 1 aromatic carbocycles. The van der Waals surface area contributed by atoms with Crippen LogP contribution in [0.3, 0.4) is 0 Å². The number of piperidine rings is 1. The van der Waals surface area contributed by atoms with E-state index in [2.05, 4.69) is 30.3 Å². The Labute approximate surface area is 197 Å². The molecular weight excluding hydrogens is 471 g/mol. The molecule has 0 atom stereocenters. The monoisotopic (exact) mass is 493 g/mol. The average Bonchev–Trinajstić information content (AvgIpc) is 3.26. The predicted molar refractivity (Wildman–Crippen MR) is 118 cm³/mol. The fourth-order valence-corrected chi connectivity index (χ4v) is 3.24. The van der Waals surface area contributed by atoms with Crippen molar-refractivity contribution >= 4 is 29.4 Å². The zero-order valence-electron chi connectivity index (χ0n) is 18.5. The fourth-order valence-electron chi connectivity index (χ4n) is 3.24. The van der Waals surface area contributed by atoms with E-state index in [1.165, 1.54) is 0 Å². The Hall–Kier alpha value is -4.23. The van der Waals surface area contributed by atoms with Gasteiger partial charge in [0.15, 0.2) is 0 Å². The molecule has 0 amide bonds. The highest BCUT2D eigenvalue weighted by Crippen LogP contribution is 2.23. The number of carboxylic acids is 2. The average molecular weight is 493 g/mol. The number of carboxylic acid groups (broad SMARTS) is 2. The number of rotatable bonds is 5. The fraction of sp³-hybridized carbons (Fsp3) is 0.333. The van der Waals surface area contributed by atoms with Gasteiger partial charge < -0.3 is 20.4 Å². The lowest BCUT2D eigenvalue weighted by Crippen LogP contribution is -2.36. The molecule has 0 radical (unpaired) electrons. The van der Waals surface area contributed by atoms with Crippen molar-refractivity contribution in [2.45, 2.75) is 25.9 Å². The molecule has 0 bridgehead atoms. The molecule has 14 heteroatoms. The maximum atomic E-state index is 11.1. The van der Waals surface area contributed by atoms with E-state index in [-0.39, 0.29) is 5.92 Å². The summed E-state index contributed by atoms with van der Waals surface area (Å²) in [7, 11) is 0. The zero-order valence-corrected chi connectivity index (χ0v) is 18.5. The molecule has 3 aromatic rings. The van der Waals surface area contributed by atoms with Gasteiger partial charge in [-0.2, -0.15) is 23.3 Å². The topological polar surface area (TPSA) is 146 Å². The lowest BCUT2D eigenvalue weighted by Gasteiger charge is -2.31. The number of alkyl halides is 3. The van der Waals surface area contributed by atoms with Crippen molar-refractivity contribution in [2.24, 2.45) is 5.92 Å². The number of benzene rings is 1. The van der Waals surface area contributed by atoms with Gasteiger partial charge in [-0.15, -0.1) is 0 Å². The van der Waals surface area contributed by atoms with Gasteiger partial charge in [-0.05, 0) is 50.1 Å². The minimum Gasteiger partial charge on any atom is -0.481 e. The van der Waals surface area contributed by atoms with Crippen molar-refractivity contribution in [1.29, 1.82) is 0 Å². The van der Waals surface area contributed by atoms with E-state index in [1.807, 2.05) is 37.3 Å². The van der Waals surface area contributed by atoms with Gasteiger partial charge in [0.2, 0.25) is 5.95 Å². The van der Waals surface area contributed by atoms with Crippen LogP contribution in [-0.2, 0) is 9.59 Å². The van der Waals surface area contributed by atoms with Crippen LogP contribution < -0.4 is 10.2 Å². The van der Waals surface area contributed by atoms with Crippen molar-refractivity contribution in [3.8, 4) is 5.69 Å². The number of nitrogens with zero attached hydrogens (tertiary/aromatic N) is 6. The van der Waals surface area contributed by atoms with Crippen molar-refractivity contribution < 1.29 is 33.0 Å². The number of anilines is 3. The lowest BCUT2D eigenvalue weighted by atomic mass is 9.97. The van der Waals surface area contributed by atoms with Gasteiger partial charge in [-0.3, -0.25) is 4.79 Å². The van der Waals surface area contributed by atoms with Crippen molar-refractivity contribution in [3.63, 3.8) is 0 Å². The molecule has 0 unspecified atom stereocenters. The Morgan fingerprint density at radius 2 is 1.69 bits per heavy atom. The summed E-state index contributed by atoms with van der Waals surface area (Å²) in [5.41, 5.74) is 1.78. The van der Waals surface area contributed by atoms with Gasteiger partial charge in [0.25, 0.3) is 0 Å². The highest BCUT2D eigenvalue weighted by molar-refractivity contribution is 5.73. The maximum absolute atomic E-state index is 11.1. The summed E-state index contributed by atoms with van der Waals surface area (Å²) in [5, 5.41) is 23.8. The van der Waals surface area contributed by atoms with Crippen molar-refractivity contribution in [2.75, 3.05) is 23.3 Å². The Morgan fingerprint density at radius 1 is 1.06 bits per heavy atom. The molecule has 0 aliphatic carbocycles. The van der Waals surface area contributed by atoms with Crippen LogP contribution in [0.4, 0.5) is 30.6 Å². The van der Waals surface area contributed by atoms with Gasteiger partial charge in [0, 0.05) is 25.0 Å². The van der Waals surface area contributed by atoms with Gasteiger partial charge >= 0.3 is 18.1 Å². The predicted octanol–water partition coefficient (Wildman–Crippen LogP) is 3.04. The quantitative estimate of drug-likeness (QED) is 0.485. The Morgan fingerprint density at radius 3 is 2.20 bits per heavy atom. The lowest BCUT2D eigenvalue weighted by molar-refractivity contribution is -0.192. The number of aryl methyl sites for hydroxylation is 1. The maximum Gasteiger partial charge on any atom is 0.490 e. The van der Waals surface area contributed by atoms with Gasteiger partial charge in [0.05, 0.1) is 11.6 Å². The van der Waals surface area contributed by atoms with E-state index in [0.717, 1.165) is 23.0 Å². The first-order chi connectivity index (χ1) is 16.5. The van der Waals surface area contributed by atoms with Crippen LogP contribution in [0.2, 0.25) is 0 Å². The van der Waals surface area contributed by atoms with Crippen molar-refractivity contribution in [3.05, 3.63) is 48.7 Å². The normalized spacial score (nSPS) is 14.1. The van der Waals surface area contributed by atoms with Crippen LogP contribution >= 0.6 is 0 Å². The number of hydrogen-bond acceptors (Lipinski definition) is 8. The first-order valence-corrected chi connectivity index (χ1v) is 10.4. The van der Waals surface area contributed by atoms with E-state index in [1.54, 1.807) is 17.2 Å². The number of hydrogen-bond donors (Lipinski definition) is 3. The molecule has 2 aromatic heterocycles. The molecule has 1 aliphatic heterocycles. The second-order valence-electron chi connectivity index (χ2n) is 7.55. The summed E-state index contributed by atoms with van der Waals surface area (Å²) in [6, 6.07) is 9.60. The molecule has 11 nitrogen and oxygen atoms in total. The summed E-state index contributed by atoms with van der Waals surface area (Å²) in [6.45, 7) is 3.21. The minimum atomic E-state index is -5.08. The Bertz CT molecular complexity index is 1160.